The molecular formula is C18H22ClN5O3S. The van der Waals surface area contributed by atoms with E-state index in [1.54, 1.807) is 36.3 Å². The van der Waals surface area contributed by atoms with E-state index in [1.807, 2.05) is 0 Å². The van der Waals surface area contributed by atoms with Crippen molar-refractivity contribution < 1.29 is 14.3 Å². The molecule has 28 heavy (non-hydrogen) atoms. The van der Waals surface area contributed by atoms with Crippen LogP contribution < -0.4 is 10.6 Å². The maximum absolute atomic E-state index is 12.4. The van der Waals surface area contributed by atoms with Gasteiger partial charge in [-0.2, -0.15) is 0 Å². The first-order chi connectivity index (χ1) is 13.6. The van der Waals surface area contributed by atoms with Crippen molar-refractivity contribution in [1.82, 2.24) is 20.4 Å². The molecule has 2 heterocycles. The number of carbonyl (C=O) groups excluding carboxylic acids is 2. The highest BCUT2D eigenvalue weighted by Gasteiger charge is 2.33. The summed E-state index contributed by atoms with van der Waals surface area (Å²) in [4.78, 5) is 26.6. The number of halogens is 1. The van der Waals surface area contributed by atoms with Crippen LogP contribution in [0.5, 0.6) is 0 Å². The van der Waals surface area contributed by atoms with Crippen LogP contribution >= 0.6 is 22.9 Å². The highest BCUT2D eigenvalue weighted by atomic mass is 35.5. The molecule has 0 saturated carbocycles. The Morgan fingerprint density at radius 1 is 1.32 bits per heavy atom. The van der Waals surface area contributed by atoms with Crippen molar-refractivity contribution in [3.05, 3.63) is 39.3 Å². The second kappa shape index (κ2) is 9.81. The molecule has 10 heteroatoms. The third-order valence-electron chi connectivity index (χ3n) is 4.34. The Bertz CT molecular complexity index is 814. The maximum Gasteiger partial charge on any atom is 0.317 e. The first-order valence-electron chi connectivity index (χ1n) is 9.02. The Morgan fingerprint density at radius 2 is 2.11 bits per heavy atom. The van der Waals surface area contributed by atoms with E-state index in [1.165, 1.54) is 11.3 Å². The lowest BCUT2D eigenvalue weighted by Crippen LogP contribution is -2.40. The SMILES string of the molecule is COCCCNC(=O)N1CCCC1c1nnc(C(=O)Nc2ccc(Cl)cc2)s1. The summed E-state index contributed by atoms with van der Waals surface area (Å²) < 4.78 is 4.99. The monoisotopic (exact) mass is 423 g/mol. The number of methoxy groups -OCH3 is 1. The molecule has 3 rings (SSSR count). The Morgan fingerprint density at radius 3 is 2.86 bits per heavy atom. The van der Waals surface area contributed by atoms with Crippen LogP contribution in [-0.2, 0) is 4.74 Å². The fourth-order valence-corrected chi connectivity index (χ4v) is 3.97. The molecule has 3 amide bonds. The average Bonchev–Trinajstić information content (AvgIpc) is 3.36. The van der Waals surface area contributed by atoms with E-state index in [0.717, 1.165) is 19.3 Å². The smallest absolute Gasteiger partial charge is 0.317 e. The van der Waals surface area contributed by atoms with Crippen molar-refractivity contribution in [3.8, 4) is 0 Å². The number of aromatic nitrogens is 2. The number of hydrogen-bond donors (Lipinski definition) is 2. The van der Waals surface area contributed by atoms with Gasteiger partial charge in [0.15, 0.2) is 0 Å². The molecule has 0 spiro atoms. The molecule has 150 valence electrons. The summed E-state index contributed by atoms with van der Waals surface area (Å²) in [6.45, 7) is 1.82. The highest BCUT2D eigenvalue weighted by molar-refractivity contribution is 7.13. The predicted octanol–water partition coefficient (Wildman–Crippen LogP) is 3.33. The fourth-order valence-electron chi connectivity index (χ4n) is 2.96. The van der Waals surface area contributed by atoms with Crippen LogP contribution in [0.1, 0.15) is 40.1 Å². The number of hydrogen-bond acceptors (Lipinski definition) is 6. The van der Waals surface area contributed by atoms with Crippen LogP contribution in [0.2, 0.25) is 5.02 Å². The minimum atomic E-state index is -0.334. The zero-order valence-electron chi connectivity index (χ0n) is 15.5. The van der Waals surface area contributed by atoms with Crippen LogP contribution in [0, 0.1) is 0 Å². The fraction of sp³-hybridized carbons (Fsp3) is 0.444. The van der Waals surface area contributed by atoms with E-state index in [2.05, 4.69) is 20.8 Å². The van der Waals surface area contributed by atoms with Gasteiger partial charge in [-0.3, -0.25) is 4.79 Å². The molecule has 1 saturated heterocycles. The molecular weight excluding hydrogens is 402 g/mol. The molecule has 1 unspecified atom stereocenters. The van der Waals surface area contributed by atoms with Crippen molar-refractivity contribution >= 4 is 40.6 Å². The van der Waals surface area contributed by atoms with Gasteiger partial charge in [-0.25, -0.2) is 4.79 Å². The van der Waals surface area contributed by atoms with Gasteiger partial charge in [0, 0.05) is 37.5 Å². The zero-order valence-corrected chi connectivity index (χ0v) is 17.1. The summed E-state index contributed by atoms with van der Waals surface area (Å²) in [7, 11) is 1.63. The molecule has 1 aliphatic rings. The van der Waals surface area contributed by atoms with E-state index in [4.69, 9.17) is 16.3 Å². The summed E-state index contributed by atoms with van der Waals surface area (Å²) in [5.41, 5.74) is 0.629. The van der Waals surface area contributed by atoms with Gasteiger partial charge in [-0.15, -0.1) is 10.2 Å². The molecule has 1 aromatic carbocycles. The minimum absolute atomic E-state index is 0.124. The minimum Gasteiger partial charge on any atom is -0.385 e. The van der Waals surface area contributed by atoms with Crippen molar-refractivity contribution in [3.63, 3.8) is 0 Å². The lowest BCUT2D eigenvalue weighted by molar-refractivity contribution is 0.102. The van der Waals surface area contributed by atoms with E-state index in [0.29, 0.717) is 35.4 Å². The highest BCUT2D eigenvalue weighted by Crippen LogP contribution is 2.33. The number of carbonyl (C=O) groups is 2. The normalized spacial score (nSPS) is 16.2. The number of benzene rings is 1. The number of anilines is 1. The molecule has 1 aromatic heterocycles. The Labute approximate surface area is 172 Å². The molecule has 1 fully saturated rings. The molecule has 2 N–H and O–H groups in total. The quantitative estimate of drug-likeness (QED) is 0.666. The number of rotatable bonds is 7. The largest absolute Gasteiger partial charge is 0.385 e. The van der Waals surface area contributed by atoms with E-state index in [-0.39, 0.29) is 23.0 Å². The molecule has 0 aliphatic carbocycles. The first kappa shape index (κ1) is 20.5. The van der Waals surface area contributed by atoms with Crippen LogP contribution in [0.3, 0.4) is 0 Å². The maximum atomic E-state index is 12.4. The van der Waals surface area contributed by atoms with Gasteiger partial charge in [0.1, 0.15) is 5.01 Å². The van der Waals surface area contributed by atoms with Gasteiger partial charge in [-0.05, 0) is 43.5 Å². The first-order valence-corrected chi connectivity index (χ1v) is 10.2. The zero-order chi connectivity index (χ0) is 19.9. The topological polar surface area (TPSA) is 96.4 Å². The summed E-state index contributed by atoms with van der Waals surface area (Å²) >= 11 is 7.06. The van der Waals surface area contributed by atoms with Crippen LogP contribution in [-0.4, -0.2) is 53.8 Å². The molecule has 0 bridgehead atoms. The molecule has 0 radical (unpaired) electrons. The lowest BCUT2D eigenvalue weighted by atomic mass is 10.2. The van der Waals surface area contributed by atoms with Gasteiger partial charge in [-0.1, -0.05) is 22.9 Å². The van der Waals surface area contributed by atoms with Gasteiger partial charge < -0.3 is 20.3 Å². The lowest BCUT2D eigenvalue weighted by Gasteiger charge is -2.23. The number of ether oxygens (including phenoxy) is 1. The van der Waals surface area contributed by atoms with E-state index < -0.39 is 0 Å². The van der Waals surface area contributed by atoms with Gasteiger partial charge in [0.25, 0.3) is 5.91 Å². The molecule has 1 aliphatic heterocycles. The molecule has 8 nitrogen and oxygen atoms in total. The number of nitrogens with zero attached hydrogens (tertiary/aromatic N) is 3. The number of urea groups is 1. The standard InChI is InChI=1S/C18H22ClN5O3S/c1-27-11-3-9-20-18(26)24-10-2-4-14(24)16-22-23-17(28-16)15(25)21-13-7-5-12(19)6-8-13/h5-8,14H,2-4,9-11H2,1H3,(H,20,26)(H,21,25). The second-order valence-electron chi connectivity index (χ2n) is 6.34. The third-order valence-corrected chi connectivity index (χ3v) is 5.61. The van der Waals surface area contributed by atoms with Gasteiger partial charge >= 0.3 is 6.03 Å². The summed E-state index contributed by atoms with van der Waals surface area (Å²) in [5.74, 6) is -0.334. The second-order valence-corrected chi connectivity index (χ2v) is 7.78. The van der Waals surface area contributed by atoms with Crippen LogP contribution in [0.4, 0.5) is 10.5 Å². The molecule has 2 aromatic rings. The Hall–Kier alpha value is -2.23. The number of amides is 3. The van der Waals surface area contributed by atoms with Crippen molar-refractivity contribution in [2.45, 2.75) is 25.3 Å². The summed E-state index contributed by atoms with van der Waals surface area (Å²) in [5, 5.41) is 15.4. The van der Waals surface area contributed by atoms with E-state index >= 15 is 0 Å². The van der Waals surface area contributed by atoms with Crippen molar-refractivity contribution in [2.75, 3.05) is 32.1 Å². The van der Waals surface area contributed by atoms with E-state index in [9.17, 15) is 9.59 Å². The van der Waals surface area contributed by atoms with Crippen molar-refractivity contribution in [1.29, 1.82) is 0 Å². The predicted molar refractivity (Wildman–Crippen MR) is 108 cm³/mol. The van der Waals surface area contributed by atoms with Crippen molar-refractivity contribution in [2.24, 2.45) is 0 Å². The molecule has 1 atom stereocenters. The Kier molecular flexibility index (Phi) is 7.18. The van der Waals surface area contributed by atoms with Gasteiger partial charge in [0.05, 0.1) is 6.04 Å². The average molecular weight is 424 g/mol. The third kappa shape index (κ3) is 5.18. The summed E-state index contributed by atoms with van der Waals surface area (Å²) in [6.07, 6.45) is 2.45. The summed E-state index contributed by atoms with van der Waals surface area (Å²) in [6, 6.07) is 6.55. The number of likely N-dealkylation sites (tertiary alicyclic amines) is 1. The number of nitrogens with one attached hydrogen (secondary N) is 2. The van der Waals surface area contributed by atoms with Gasteiger partial charge in [0.2, 0.25) is 5.01 Å². The van der Waals surface area contributed by atoms with Crippen LogP contribution in [0.25, 0.3) is 0 Å². The Balaban J connectivity index is 1.60. The van der Waals surface area contributed by atoms with Crippen LogP contribution in [0.15, 0.2) is 24.3 Å².